The molecule has 5 aromatic heterocycles. The first-order chi connectivity index (χ1) is 19.8. The zero-order valence-electron chi connectivity index (χ0n) is 21.3. The van der Waals surface area contributed by atoms with Crippen LogP contribution in [0.15, 0.2) is 121 Å². The lowest BCUT2D eigenvalue weighted by atomic mass is 10.1. The smallest absolute Gasteiger partial charge is 0.124 e. The molecule has 7 rings (SSSR count). The Labute approximate surface area is 240 Å². The predicted molar refractivity (Wildman–Crippen MR) is 163 cm³/mol. The summed E-state index contributed by atoms with van der Waals surface area (Å²) in [6, 6.07) is 24.9. The van der Waals surface area contributed by atoms with Gasteiger partial charge in [0.05, 0.1) is 33.1 Å². The van der Waals surface area contributed by atoms with Gasteiger partial charge in [-0.05, 0) is 59.7 Å². The molecule has 6 nitrogen and oxygen atoms in total. The Bertz CT molecular complexity index is 1800. The van der Waals surface area contributed by atoms with Crippen LogP contribution in [0.25, 0.3) is 43.5 Å². The van der Waals surface area contributed by atoms with Crippen LogP contribution in [-0.2, 0) is 0 Å². The maximum absolute atomic E-state index is 4.86. The zero-order chi connectivity index (χ0) is 26.7. The van der Waals surface area contributed by atoms with Crippen molar-refractivity contribution in [2.75, 3.05) is 6.54 Å². The van der Waals surface area contributed by atoms with Crippen molar-refractivity contribution in [3.63, 3.8) is 0 Å². The van der Waals surface area contributed by atoms with Crippen molar-refractivity contribution in [3.8, 4) is 43.5 Å². The Morgan fingerprint density at radius 3 is 1.95 bits per heavy atom. The van der Waals surface area contributed by atoms with E-state index in [4.69, 9.17) is 9.98 Å². The number of benzene rings is 1. The van der Waals surface area contributed by atoms with E-state index in [0.717, 1.165) is 60.7 Å². The fourth-order valence-corrected chi connectivity index (χ4v) is 6.62. The molecule has 6 aromatic rings. The van der Waals surface area contributed by atoms with Crippen LogP contribution in [0.1, 0.15) is 16.4 Å². The molecule has 0 spiro atoms. The Morgan fingerprint density at radius 2 is 1.27 bits per heavy atom. The van der Waals surface area contributed by atoms with E-state index in [9.17, 15) is 0 Å². The highest BCUT2D eigenvalue weighted by molar-refractivity contribution is 8.14. The second-order valence-electron chi connectivity index (χ2n) is 9.25. The van der Waals surface area contributed by atoms with E-state index in [0.29, 0.717) is 5.25 Å². The van der Waals surface area contributed by atoms with Crippen molar-refractivity contribution in [2.45, 2.75) is 5.25 Å². The van der Waals surface area contributed by atoms with Crippen molar-refractivity contribution in [2.24, 2.45) is 4.99 Å². The highest BCUT2D eigenvalue weighted by atomic mass is 32.2. The van der Waals surface area contributed by atoms with E-state index in [-0.39, 0.29) is 0 Å². The Morgan fingerprint density at radius 1 is 0.600 bits per heavy atom. The number of hydrogen-bond acceptors (Lipinski definition) is 8. The van der Waals surface area contributed by atoms with Gasteiger partial charge in [0.1, 0.15) is 5.01 Å². The average molecular weight is 555 g/mol. The van der Waals surface area contributed by atoms with Crippen molar-refractivity contribution < 1.29 is 0 Å². The van der Waals surface area contributed by atoms with Crippen LogP contribution in [0.5, 0.6) is 0 Å². The lowest BCUT2D eigenvalue weighted by Crippen LogP contribution is -1.96. The molecule has 1 atom stereocenters. The molecule has 0 radical (unpaired) electrons. The monoisotopic (exact) mass is 554 g/mol. The SMILES string of the molecule is c1cncc(-c2cc(C3=NCC(c4ccc(-c5cnc(-c6ccnc(-c7cccnc7)c6)s5)cc4)S3)ccn2)c1. The molecule has 1 aliphatic heterocycles. The molecule has 0 N–H and O–H groups in total. The minimum absolute atomic E-state index is 0.291. The Balaban J connectivity index is 1.05. The van der Waals surface area contributed by atoms with Crippen LogP contribution in [-0.4, -0.2) is 36.5 Å². The van der Waals surface area contributed by atoms with Crippen LogP contribution < -0.4 is 0 Å². The summed E-state index contributed by atoms with van der Waals surface area (Å²) in [6.07, 6.45) is 12.8. The van der Waals surface area contributed by atoms with Gasteiger partial charge >= 0.3 is 0 Å². The molecule has 1 aliphatic rings. The normalized spacial score (nSPS) is 14.7. The molecule has 0 saturated carbocycles. The van der Waals surface area contributed by atoms with Crippen LogP contribution in [0.2, 0.25) is 0 Å². The zero-order valence-corrected chi connectivity index (χ0v) is 22.9. The highest BCUT2D eigenvalue weighted by Gasteiger charge is 2.23. The molecule has 8 heteroatoms. The minimum atomic E-state index is 0.291. The van der Waals surface area contributed by atoms with Gasteiger partial charge in [-0.15, -0.1) is 11.3 Å². The Hall–Kier alpha value is -4.53. The summed E-state index contributed by atoms with van der Waals surface area (Å²) in [5.41, 5.74) is 8.38. The lowest BCUT2D eigenvalue weighted by molar-refractivity contribution is 0.966. The molecular weight excluding hydrogens is 533 g/mol. The second kappa shape index (κ2) is 10.9. The van der Waals surface area contributed by atoms with Gasteiger partial charge in [-0.2, -0.15) is 0 Å². The largest absolute Gasteiger partial charge is 0.276 e. The van der Waals surface area contributed by atoms with E-state index in [1.807, 2.05) is 79.1 Å². The van der Waals surface area contributed by atoms with Gasteiger partial charge in [0.25, 0.3) is 0 Å². The lowest BCUT2D eigenvalue weighted by Gasteiger charge is -2.10. The molecule has 0 saturated heterocycles. The van der Waals surface area contributed by atoms with Crippen molar-refractivity contribution in [1.29, 1.82) is 0 Å². The first kappa shape index (κ1) is 24.5. The molecule has 1 unspecified atom stereocenters. The third-order valence-electron chi connectivity index (χ3n) is 6.66. The summed E-state index contributed by atoms with van der Waals surface area (Å²) in [5, 5.41) is 2.31. The van der Waals surface area contributed by atoms with E-state index in [1.54, 1.807) is 23.7 Å². The number of rotatable bonds is 6. The summed E-state index contributed by atoms with van der Waals surface area (Å²) in [6.45, 7) is 0.760. The van der Waals surface area contributed by atoms with Crippen molar-refractivity contribution >= 4 is 28.1 Å². The number of thiazole rings is 1. The number of aliphatic imine (C=N–C) groups is 1. The molecular formula is C32H22N6S2. The van der Waals surface area contributed by atoms with Gasteiger partial charge in [0.15, 0.2) is 0 Å². The van der Waals surface area contributed by atoms with Crippen LogP contribution in [0, 0.1) is 0 Å². The first-order valence-electron chi connectivity index (χ1n) is 12.8. The maximum atomic E-state index is 4.86. The fraction of sp³-hybridized carbons (Fsp3) is 0.0625. The molecule has 0 amide bonds. The fourth-order valence-electron chi connectivity index (χ4n) is 4.58. The molecule has 192 valence electrons. The number of pyridine rings is 4. The van der Waals surface area contributed by atoms with Crippen molar-refractivity contribution in [3.05, 3.63) is 127 Å². The van der Waals surface area contributed by atoms with Gasteiger partial charge in [0, 0.05) is 65.6 Å². The highest BCUT2D eigenvalue weighted by Crippen LogP contribution is 2.39. The van der Waals surface area contributed by atoms with Crippen molar-refractivity contribution in [1.82, 2.24) is 24.9 Å². The van der Waals surface area contributed by atoms with Gasteiger partial charge in [-0.3, -0.25) is 24.9 Å². The Kier molecular flexibility index (Phi) is 6.69. The van der Waals surface area contributed by atoms with E-state index < -0.39 is 0 Å². The summed E-state index contributed by atoms with van der Waals surface area (Å²) < 4.78 is 0. The topological polar surface area (TPSA) is 76.8 Å². The molecule has 0 fully saturated rings. The third-order valence-corrected chi connectivity index (χ3v) is 9.04. The van der Waals surface area contributed by atoms with Crippen LogP contribution in [0.3, 0.4) is 0 Å². The standard InChI is InChI=1S/C32H22N6S2/c1-3-25(17-33-11-1)27-15-23(9-13-35-27)31-37-19-29(39-31)21-5-7-22(8-6-21)30-20-38-32(40-30)24-10-14-36-28(16-24)26-4-2-12-34-18-26/h1-19,30H,20H2. The summed E-state index contributed by atoms with van der Waals surface area (Å²) in [4.78, 5) is 28.2. The third kappa shape index (κ3) is 5.06. The van der Waals surface area contributed by atoms with Gasteiger partial charge in [-0.25, -0.2) is 4.98 Å². The van der Waals surface area contributed by atoms with E-state index >= 15 is 0 Å². The predicted octanol–water partition coefficient (Wildman–Crippen LogP) is 7.63. The molecule has 1 aromatic carbocycles. The number of aromatic nitrogens is 5. The summed E-state index contributed by atoms with van der Waals surface area (Å²) in [7, 11) is 0. The summed E-state index contributed by atoms with van der Waals surface area (Å²) in [5.74, 6) is 0. The minimum Gasteiger partial charge on any atom is -0.276 e. The quantitative estimate of drug-likeness (QED) is 0.211. The molecule has 0 bridgehead atoms. The van der Waals surface area contributed by atoms with E-state index in [2.05, 4.69) is 56.3 Å². The molecule has 40 heavy (non-hydrogen) atoms. The van der Waals surface area contributed by atoms with Gasteiger partial charge in [-0.1, -0.05) is 36.0 Å². The maximum Gasteiger partial charge on any atom is 0.124 e. The second-order valence-corrected chi connectivity index (χ2v) is 11.5. The first-order valence-corrected chi connectivity index (χ1v) is 14.5. The number of thioether (sulfide) groups is 1. The number of nitrogens with zero attached hydrogens (tertiary/aromatic N) is 6. The molecule has 0 aliphatic carbocycles. The van der Waals surface area contributed by atoms with Gasteiger partial charge in [0.2, 0.25) is 0 Å². The average Bonchev–Trinajstić information content (AvgIpc) is 3.74. The van der Waals surface area contributed by atoms with Crippen LogP contribution >= 0.6 is 23.1 Å². The van der Waals surface area contributed by atoms with Crippen LogP contribution in [0.4, 0.5) is 0 Å². The number of hydrogen-bond donors (Lipinski definition) is 0. The van der Waals surface area contributed by atoms with E-state index in [1.165, 1.54) is 5.56 Å². The van der Waals surface area contributed by atoms with Gasteiger partial charge < -0.3 is 0 Å². The summed E-state index contributed by atoms with van der Waals surface area (Å²) >= 11 is 3.50. The molecule has 6 heterocycles.